The first kappa shape index (κ1) is 16.2. The second kappa shape index (κ2) is 6.57. The summed E-state index contributed by atoms with van der Waals surface area (Å²) in [6.45, 7) is 0. The number of hydrogen-bond donors (Lipinski definition) is 1. The van der Waals surface area contributed by atoms with Crippen molar-refractivity contribution >= 4 is 5.97 Å². The molecule has 0 bridgehead atoms. The van der Waals surface area contributed by atoms with Gasteiger partial charge in [0, 0.05) is 18.8 Å². The second-order valence-electron chi connectivity index (χ2n) is 5.28. The maximum atomic E-state index is 12.9. The van der Waals surface area contributed by atoms with E-state index in [0.29, 0.717) is 12.8 Å². The minimum absolute atomic E-state index is 0.151. The zero-order chi connectivity index (χ0) is 14.5. The normalized spacial score (nSPS) is 23.9. The summed E-state index contributed by atoms with van der Waals surface area (Å²) >= 11 is 0. The third-order valence-corrected chi connectivity index (χ3v) is 3.70. The van der Waals surface area contributed by atoms with Crippen LogP contribution in [0, 0.1) is 5.92 Å². The Morgan fingerprint density at radius 1 is 1.00 bits per heavy atom. The molecule has 1 fully saturated rings. The summed E-state index contributed by atoms with van der Waals surface area (Å²) < 4.78 is 50.9. The van der Waals surface area contributed by atoms with Crippen molar-refractivity contribution in [1.82, 2.24) is 0 Å². The van der Waals surface area contributed by atoms with Gasteiger partial charge in [0.2, 0.25) is 0 Å². The fourth-order valence-electron chi connectivity index (χ4n) is 2.40. The van der Waals surface area contributed by atoms with Crippen LogP contribution in [0.4, 0.5) is 17.6 Å². The van der Waals surface area contributed by atoms with Crippen molar-refractivity contribution < 1.29 is 27.5 Å². The Kier molecular flexibility index (Phi) is 5.62. The van der Waals surface area contributed by atoms with E-state index in [2.05, 4.69) is 0 Å². The third kappa shape index (κ3) is 4.35. The average molecular weight is 284 g/mol. The average Bonchev–Trinajstić information content (AvgIpc) is 2.30. The van der Waals surface area contributed by atoms with E-state index in [1.165, 1.54) is 0 Å². The van der Waals surface area contributed by atoms with Gasteiger partial charge in [-0.2, -0.15) is 17.6 Å². The lowest BCUT2D eigenvalue weighted by Gasteiger charge is -2.43. The van der Waals surface area contributed by atoms with Crippen LogP contribution >= 0.6 is 0 Å². The number of halogens is 4. The van der Waals surface area contributed by atoms with E-state index in [1.54, 1.807) is 0 Å². The van der Waals surface area contributed by atoms with Gasteiger partial charge >= 0.3 is 17.8 Å². The molecule has 112 valence electrons. The summed E-state index contributed by atoms with van der Waals surface area (Å²) in [5, 5.41) is 8.41. The molecule has 1 unspecified atom stereocenters. The number of alkyl halides is 4. The standard InChI is InChI=1S/C13H20F4O2/c14-12(15)9-10(13(12,16)17)7-5-3-1-2-4-6-8-11(18)19/h10H,1-9H2,(H,18,19). The molecule has 0 saturated heterocycles. The van der Waals surface area contributed by atoms with E-state index in [-0.39, 0.29) is 12.8 Å². The van der Waals surface area contributed by atoms with Crippen molar-refractivity contribution in [2.75, 3.05) is 0 Å². The number of aliphatic carboxylic acids is 1. The predicted octanol–water partition coefficient (Wildman–Crippen LogP) is 4.48. The minimum Gasteiger partial charge on any atom is -0.481 e. The van der Waals surface area contributed by atoms with Crippen LogP contribution in [-0.4, -0.2) is 22.9 Å². The van der Waals surface area contributed by atoms with Crippen molar-refractivity contribution in [2.24, 2.45) is 5.92 Å². The Labute approximate surface area is 110 Å². The molecule has 0 amide bonds. The lowest BCUT2D eigenvalue weighted by molar-refractivity contribution is -0.314. The van der Waals surface area contributed by atoms with E-state index < -0.39 is 30.2 Å². The van der Waals surface area contributed by atoms with Crippen LogP contribution in [0.25, 0.3) is 0 Å². The van der Waals surface area contributed by atoms with Gasteiger partial charge in [-0.05, 0) is 12.8 Å². The van der Waals surface area contributed by atoms with E-state index in [0.717, 1.165) is 25.7 Å². The van der Waals surface area contributed by atoms with Gasteiger partial charge in [0.25, 0.3) is 0 Å². The van der Waals surface area contributed by atoms with Crippen LogP contribution < -0.4 is 0 Å². The second-order valence-corrected chi connectivity index (χ2v) is 5.28. The van der Waals surface area contributed by atoms with Crippen LogP contribution in [0.3, 0.4) is 0 Å². The molecule has 0 heterocycles. The van der Waals surface area contributed by atoms with Crippen molar-refractivity contribution in [2.45, 2.75) is 69.6 Å². The number of unbranched alkanes of at least 4 members (excludes halogenated alkanes) is 5. The molecule has 6 heteroatoms. The number of hydrogen-bond acceptors (Lipinski definition) is 1. The first-order valence-corrected chi connectivity index (χ1v) is 6.75. The third-order valence-electron chi connectivity index (χ3n) is 3.70. The first-order valence-electron chi connectivity index (χ1n) is 6.75. The van der Waals surface area contributed by atoms with Crippen LogP contribution in [0.2, 0.25) is 0 Å². The van der Waals surface area contributed by atoms with E-state index in [9.17, 15) is 22.4 Å². The highest BCUT2D eigenvalue weighted by Crippen LogP contribution is 2.56. The van der Waals surface area contributed by atoms with Crippen molar-refractivity contribution in [3.05, 3.63) is 0 Å². The SMILES string of the molecule is O=C(O)CCCCCCCCC1CC(F)(F)C1(F)F. The first-order chi connectivity index (χ1) is 8.77. The molecule has 1 N–H and O–H groups in total. The Hall–Kier alpha value is -0.810. The van der Waals surface area contributed by atoms with Gasteiger partial charge in [-0.1, -0.05) is 32.1 Å². The topological polar surface area (TPSA) is 37.3 Å². The predicted molar refractivity (Wildman–Crippen MR) is 62.6 cm³/mol. The van der Waals surface area contributed by atoms with Crippen molar-refractivity contribution in [3.8, 4) is 0 Å². The lowest BCUT2D eigenvalue weighted by atomic mass is 9.74. The molecular weight excluding hydrogens is 264 g/mol. The molecular formula is C13H20F4O2. The van der Waals surface area contributed by atoms with Gasteiger partial charge in [-0.25, -0.2) is 0 Å². The molecule has 1 aliphatic rings. The Balaban J connectivity index is 1.97. The molecule has 19 heavy (non-hydrogen) atoms. The largest absolute Gasteiger partial charge is 0.481 e. The summed E-state index contributed by atoms with van der Waals surface area (Å²) in [6.07, 6.45) is 4.03. The maximum absolute atomic E-state index is 12.9. The van der Waals surface area contributed by atoms with Crippen molar-refractivity contribution in [3.63, 3.8) is 0 Å². The highest BCUT2D eigenvalue weighted by molar-refractivity contribution is 5.66. The van der Waals surface area contributed by atoms with Crippen molar-refractivity contribution in [1.29, 1.82) is 0 Å². The zero-order valence-corrected chi connectivity index (χ0v) is 10.8. The molecule has 1 saturated carbocycles. The van der Waals surface area contributed by atoms with Gasteiger partial charge in [0.15, 0.2) is 0 Å². The van der Waals surface area contributed by atoms with Crippen LogP contribution in [0.5, 0.6) is 0 Å². The van der Waals surface area contributed by atoms with Gasteiger partial charge in [0.1, 0.15) is 0 Å². The summed E-state index contributed by atoms with van der Waals surface area (Å²) in [6, 6.07) is 0. The van der Waals surface area contributed by atoms with E-state index >= 15 is 0 Å². The van der Waals surface area contributed by atoms with Crippen LogP contribution in [0.15, 0.2) is 0 Å². The molecule has 0 radical (unpaired) electrons. The number of carboxylic acids is 1. The lowest BCUT2D eigenvalue weighted by Crippen LogP contribution is -2.58. The Bertz CT molecular complexity index is 305. The summed E-state index contributed by atoms with van der Waals surface area (Å²) in [5.74, 6) is -9.62. The van der Waals surface area contributed by atoms with Gasteiger partial charge < -0.3 is 5.11 Å². The summed E-state index contributed by atoms with van der Waals surface area (Å²) in [7, 11) is 0. The van der Waals surface area contributed by atoms with Crippen LogP contribution in [-0.2, 0) is 4.79 Å². The maximum Gasteiger partial charge on any atom is 0.313 e. The Morgan fingerprint density at radius 2 is 1.53 bits per heavy atom. The quantitative estimate of drug-likeness (QED) is 0.500. The number of carboxylic acid groups (broad SMARTS) is 1. The molecule has 0 spiro atoms. The highest BCUT2D eigenvalue weighted by atomic mass is 19.3. The van der Waals surface area contributed by atoms with E-state index in [1.807, 2.05) is 0 Å². The molecule has 0 aromatic rings. The molecule has 0 aromatic carbocycles. The molecule has 2 nitrogen and oxygen atoms in total. The zero-order valence-electron chi connectivity index (χ0n) is 10.8. The molecule has 1 atom stereocenters. The van der Waals surface area contributed by atoms with E-state index in [4.69, 9.17) is 5.11 Å². The summed E-state index contributed by atoms with van der Waals surface area (Å²) in [5.41, 5.74) is 0. The smallest absolute Gasteiger partial charge is 0.313 e. The highest BCUT2D eigenvalue weighted by Gasteiger charge is 2.70. The molecule has 0 aliphatic heterocycles. The summed E-state index contributed by atoms with van der Waals surface area (Å²) in [4.78, 5) is 10.2. The molecule has 1 aliphatic carbocycles. The minimum atomic E-state index is -3.82. The van der Waals surface area contributed by atoms with Crippen LogP contribution in [0.1, 0.15) is 57.8 Å². The van der Waals surface area contributed by atoms with Gasteiger partial charge in [-0.3, -0.25) is 4.79 Å². The molecule has 1 rings (SSSR count). The number of rotatable bonds is 9. The van der Waals surface area contributed by atoms with Gasteiger partial charge in [-0.15, -0.1) is 0 Å². The van der Waals surface area contributed by atoms with Gasteiger partial charge in [0.05, 0.1) is 0 Å². The fraction of sp³-hybridized carbons (Fsp3) is 0.923. The Morgan fingerprint density at radius 3 is 2.00 bits per heavy atom. The fourth-order valence-corrected chi connectivity index (χ4v) is 2.40. The molecule has 0 aromatic heterocycles. The monoisotopic (exact) mass is 284 g/mol. The number of carbonyl (C=O) groups is 1.